The van der Waals surface area contributed by atoms with Crippen molar-refractivity contribution in [3.63, 3.8) is 0 Å². The predicted octanol–water partition coefficient (Wildman–Crippen LogP) is 3.19. The van der Waals surface area contributed by atoms with E-state index in [9.17, 15) is 9.59 Å². The van der Waals surface area contributed by atoms with Gasteiger partial charge in [0.2, 0.25) is 0 Å². The van der Waals surface area contributed by atoms with E-state index in [1.807, 2.05) is 34.6 Å². The van der Waals surface area contributed by atoms with E-state index >= 15 is 0 Å². The Balaban J connectivity index is 2.23. The Hall–Kier alpha value is -1.82. The number of carbonyl (C=O) groups is 1. The molecule has 0 aliphatic carbocycles. The first-order valence-electron chi connectivity index (χ1n) is 7.75. The van der Waals surface area contributed by atoms with Crippen molar-refractivity contribution in [1.29, 1.82) is 0 Å². The van der Waals surface area contributed by atoms with E-state index in [0.29, 0.717) is 11.7 Å². The van der Waals surface area contributed by atoms with Crippen molar-refractivity contribution in [2.45, 2.75) is 52.7 Å². The summed E-state index contributed by atoms with van der Waals surface area (Å²) in [5, 5.41) is 7.04. The number of rotatable bonds is 6. The van der Waals surface area contributed by atoms with Crippen LogP contribution in [0.15, 0.2) is 16.0 Å². The summed E-state index contributed by atoms with van der Waals surface area (Å²) < 4.78 is 1.58. The Morgan fingerprint density at radius 3 is 2.39 bits per heavy atom. The average molecular weight is 333 g/mol. The lowest BCUT2D eigenvalue weighted by atomic mass is 9.92. The summed E-state index contributed by atoms with van der Waals surface area (Å²) in [4.78, 5) is 24.4. The molecule has 1 heterocycles. The molecule has 1 aromatic carbocycles. The van der Waals surface area contributed by atoms with Gasteiger partial charge in [-0.2, -0.15) is 0 Å². The van der Waals surface area contributed by atoms with Crippen LogP contribution in [0.5, 0.6) is 0 Å². The maximum atomic E-state index is 12.7. The van der Waals surface area contributed by atoms with Crippen LogP contribution in [0.4, 0.5) is 0 Å². The van der Waals surface area contributed by atoms with Crippen molar-refractivity contribution in [3.05, 3.63) is 44.4 Å². The highest BCUT2D eigenvalue weighted by molar-refractivity contribution is 7.99. The highest BCUT2D eigenvalue weighted by Gasteiger charge is 2.17. The molecule has 0 aliphatic heterocycles. The molecular formula is C17H23N3O2S. The molecule has 23 heavy (non-hydrogen) atoms. The molecule has 1 aromatic heterocycles. The van der Waals surface area contributed by atoms with Gasteiger partial charge in [0.1, 0.15) is 0 Å². The Kier molecular flexibility index (Phi) is 5.46. The number of H-pyrrole nitrogens is 1. The maximum Gasteiger partial charge on any atom is 0.343 e. The van der Waals surface area contributed by atoms with E-state index in [1.165, 1.54) is 11.8 Å². The average Bonchev–Trinajstić information content (AvgIpc) is 2.85. The van der Waals surface area contributed by atoms with Crippen molar-refractivity contribution < 1.29 is 4.79 Å². The first-order valence-corrected chi connectivity index (χ1v) is 8.74. The summed E-state index contributed by atoms with van der Waals surface area (Å²) >= 11 is 1.31. The van der Waals surface area contributed by atoms with Gasteiger partial charge in [0.15, 0.2) is 10.9 Å². The number of nitrogens with one attached hydrogen (secondary N) is 1. The van der Waals surface area contributed by atoms with E-state index in [0.717, 1.165) is 34.2 Å². The van der Waals surface area contributed by atoms with E-state index in [2.05, 4.69) is 16.3 Å². The van der Waals surface area contributed by atoms with Gasteiger partial charge in [0.05, 0.1) is 5.75 Å². The van der Waals surface area contributed by atoms with Crippen LogP contribution >= 0.6 is 11.8 Å². The Morgan fingerprint density at radius 2 is 1.83 bits per heavy atom. The number of aryl methyl sites for hydroxylation is 2. The minimum atomic E-state index is -0.222. The molecule has 0 amide bonds. The van der Waals surface area contributed by atoms with Crippen molar-refractivity contribution in [2.24, 2.45) is 0 Å². The summed E-state index contributed by atoms with van der Waals surface area (Å²) in [6, 6.07) is 2.11. The second-order valence-electron chi connectivity index (χ2n) is 5.81. The summed E-state index contributed by atoms with van der Waals surface area (Å²) in [5.41, 5.74) is 4.90. The van der Waals surface area contributed by atoms with Gasteiger partial charge in [-0.15, -0.1) is 5.10 Å². The quantitative estimate of drug-likeness (QED) is 0.651. The molecule has 124 valence electrons. The van der Waals surface area contributed by atoms with Crippen LogP contribution in [0, 0.1) is 27.7 Å². The van der Waals surface area contributed by atoms with Gasteiger partial charge >= 0.3 is 5.69 Å². The highest BCUT2D eigenvalue weighted by atomic mass is 32.2. The summed E-state index contributed by atoms with van der Waals surface area (Å²) in [6.07, 6.45) is 0.843. The molecule has 0 unspecified atom stereocenters. The van der Waals surface area contributed by atoms with Crippen molar-refractivity contribution in [3.8, 4) is 0 Å². The van der Waals surface area contributed by atoms with Gasteiger partial charge in [-0.05, 0) is 56.4 Å². The number of hydrogen-bond donors (Lipinski definition) is 1. The first-order chi connectivity index (χ1) is 10.9. The molecule has 0 bridgehead atoms. The lowest BCUT2D eigenvalue weighted by Crippen LogP contribution is -2.17. The maximum absolute atomic E-state index is 12.7. The van der Waals surface area contributed by atoms with Crippen LogP contribution in [0.25, 0.3) is 0 Å². The fourth-order valence-corrected chi connectivity index (χ4v) is 3.52. The monoisotopic (exact) mass is 333 g/mol. The lowest BCUT2D eigenvalue weighted by molar-refractivity contribution is 0.102. The fraction of sp³-hybridized carbons (Fsp3) is 0.471. The van der Waals surface area contributed by atoms with Crippen LogP contribution in [-0.4, -0.2) is 26.3 Å². The number of Topliss-reactive ketones (excluding diaryl/α,β-unsaturated/α-hetero) is 1. The number of benzene rings is 1. The number of nitrogens with zero attached hydrogens (tertiary/aromatic N) is 2. The minimum absolute atomic E-state index is 0.0790. The third-order valence-corrected chi connectivity index (χ3v) is 5.12. The molecule has 0 fully saturated rings. The Bertz CT molecular complexity index is 764. The predicted molar refractivity (Wildman–Crippen MR) is 93.6 cm³/mol. The largest absolute Gasteiger partial charge is 0.343 e. The van der Waals surface area contributed by atoms with Gasteiger partial charge in [-0.3, -0.25) is 9.36 Å². The van der Waals surface area contributed by atoms with Gasteiger partial charge < -0.3 is 0 Å². The molecule has 2 aromatic rings. The number of hydrogen-bond acceptors (Lipinski definition) is 4. The topological polar surface area (TPSA) is 67.8 Å². The molecule has 1 N–H and O–H groups in total. The number of ketones is 1. The molecule has 2 rings (SSSR count). The lowest BCUT2D eigenvalue weighted by Gasteiger charge is -2.14. The van der Waals surface area contributed by atoms with Gasteiger partial charge in [-0.1, -0.05) is 24.8 Å². The Morgan fingerprint density at radius 1 is 1.22 bits per heavy atom. The molecule has 0 saturated carbocycles. The minimum Gasteiger partial charge on any atom is -0.293 e. The number of aromatic nitrogens is 3. The zero-order valence-corrected chi connectivity index (χ0v) is 15.1. The van der Waals surface area contributed by atoms with Crippen LogP contribution in [0.2, 0.25) is 0 Å². The molecule has 6 heteroatoms. The molecule has 5 nitrogen and oxygen atoms in total. The third-order valence-electron chi connectivity index (χ3n) is 4.15. The standard InChI is InChI=1S/C17H23N3O2S/c1-6-7-20-16(22)18-19-17(20)23-9-14(21)15-12(4)10(2)8-11(3)13(15)5/h8H,6-7,9H2,1-5H3,(H,18,22). The van der Waals surface area contributed by atoms with Crippen molar-refractivity contribution in [2.75, 3.05) is 5.75 Å². The first kappa shape index (κ1) is 17.5. The van der Waals surface area contributed by atoms with Gasteiger partial charge in [-0.25, -0.2) is 9.89 Å². The van der Waals surface area contributed by atoms with Gasteiger partial charge in [0, 0.05) is 12.1 Å². The van der Waals surface area contributed by atoms with Crippen LogP contribution in [0.1, 0.15) is 46.0 Å². The second kappa shape index (κ2) is 7.17. The third kappa shape index (κ3) is 3.58. The number of carbonyl (C=O) groups excluding carboxylic acids is 1. The normalized spacial score (nSPS) is 11.0. The van der Waals surface area contributed by atoms with E-state index in [-0.39, 0.29) is 17.2 Å². The number of aromatic amines is 1. The SMILES string of the molecule is CCCn1c(SCC(=O)c2c(C)c(C)cc(C)c2C)n[nH]c1=O. The van der Waals surface area contributed by atoms with E-state index in [1.54, 1.807) is 4.57 Å². The molecule has 0 spiro atoms. The number of thioether (sulfide) groups is 1. The van der Waals surface area contributed by atoms with Crippen LogP contribution < -0.4 is 5.69 Å². The summed E-state index contributed by atoms with van der Waals surface area (Å²) in [6.45, 7) is 10.6. The molecule has 0 radical (unpaired) electrons. The van der Waals surface area contributed by atoms with Crippen molar-refractivity contribution >= 4 is 17.5 Å². The van der Waals surface area contributed by atoms with Crippen LogP contribution in [0.3, 0.4) is 0 Å². The van der Waals surface area contributed by atoms with E-state index < -0.39 is 0 Å². The zero-order chi connectivity index (χ0) is 17.1. The molecule has 0 aliphatic rings. The molecule has 0 atom stereocenters. The zero-order valence-electron chi connectivity index (χ0n) is 14.3. The van der Waals surface area contributed by atoms with Gasteiger partial charge in [0.25, 0.3) is 0 Å². The highest BCUT2D eigenvalue weighted by Crippen LogP contribution is 2.24. The second-order valence-corrected chi connectivity index (χ2v) is 6.75. The van der Waals surface area contributed by atoms with E-state index in [4.69, 9.17) is 0 Å². The summed E-state index contributed by atoms with van der Waals surface area (Å²) in [7, 11) is 0. The fourth-order valence-electron chi connectivity index (χ4n) is 2.67. The van der Waals surface area contributed by atoms with Crippen LogP contribution in [-0.2, 0) is 6.54 Å². The Labute approximate surface area is 140 Å². The molecule has 0 saturated heterocycles. The smallest absolute Gasteiger partial charge is 0.293 e. The van der Waals surface area contributed by atoms with Crippen molar-refractivity contribution in [1.82, 2.24) is 14.8 Å². The molecular weight excluding hydrogens is 310 g/mol. The summed E-state index contributed by atoms with van der Waals surface area (Å²) in [5.74, 6) is 0.355.